The standard InChI is InChI=1S/C15H27N3O2/c1-2-4-13-16-15(5-6-15)14(19)18(13)8-3-7-17-9-11-20-12-10-17/h13,16H,2-12H2,1H3. The highest BCUT2D eigenvalue weighted by Crippen LogP contribution is 2.42. The number of morpholine rings is 1. The van der Waals surface area contributed by atoms with Gasteiger partial charge in [-0.1, -0.05) is 13.3 Å². The average molecular weight is 281 g/mol. The molecule has 2 aliphatic heterocycles. The van der Waals surface area contributed by atoms with E-state index < -0.39 is 0 Å². The summed E-state index contributed by atoms with van der Waals surface area (Å²) in [5.41, 5.74) is -0.154. The van der Waals surface area contributed by atoms with Crippen LogP contribution >= 0.6 is 0 Å². The summed E-state index contributed by atoms with van der Waals surface area (Å²) >= 11 is 0. The minimum Gasteiger partial charge on any atom is -0.379 e. The Bertz CT molecular complexity index is 351. The molecule has 5 heteroatoms. The lowest BCUT2D eigenvalue weighted by Gasteiger charge is -2.28. The largest absolute Gasteiger partial charge is 0.379 e. The molecule has 20 heavy (non-hydrogen) atoms. The van der Waals surface area contributed by atoms with E-state index in [4.69, 9.17) is 4.74 Å². The molecule has 1 N–H and O–H groups in total. The van der Waals surface area contributed by atoms with Gasteiger partial charge in [0.2, 0.25) is 5.91 Å². The van der Waals surface area contributed by atoms with Crippen molar-refractivity contribution in [1.82, 2.24) is 15.1 Å². The second-order valence-electron chi connectivity index (χ2n) is 6.34. The van der Waals surface area contributed by atoms with Crippen molar-refractivity contribution in [2.75, 3.05) is 39.4 Å². The molecule has 0 bridgehead atoms. The molecule has 1 amide bonds. The van der Waals surface area contributed by atoms with Gasteiger partial charge in [0.05, 0.1) is 24.9 Å². The zero-order chi connectivity index (χ0) is 14.0. The van der Waals surface area contributed by atoms with E-state index in [-0.39, 0.29) is 11.7 Å². The Morgan fingerprint density at radius 2 is 2.05 bits per heavy atom. The first-order chi connectivity index (χ1) is 9.75. The first-order valence-corrected chi connectivity index (χ1v) is 8.14. The zero-order valence-corrected chi connectivity index (χ0v) is 12.6. The Kier molecular flexibility index (Phi) is 4.29. The quantitative estimate of drug-likeness (QED) is 0.782. The monoisotopic (exact) mass is 281 g/mol. The maximum Gasteiger partial charge on any atom is 0.244 e. The van der Waals surface area contributed by atoms with Gasteiger partial charge in [0.25, 0.3) is 0 Å². The molecule has 2 heterocycles. The Balaban J connectivity index is 1.48. The summed E-state index contributed by atoms with van der Waals surface area (Å²) in [7, 11) is 0. The third-order valence-corrected chi connectivity index (χ3v) is 4.78. The van der Waals surface area contributed by atoms with Crippen LogP contribution in [0.15, 0.2) is 0 Å². The van der Waals surface area contributed by atoms with Crippen molar-refractivity contribution in [3.05, 3.63) is 0 Å². The van der Waals surface area contributed by atoms with Crippen LogP contribution in [-0.4, -0.2) is 66.8 Å². The molecule has 1 saturated carbocycles. The number of carbonyl (C=O) groups is 1. The molecule has 2 saturated heterocycles. The molecule has 0 aromatic rings. The molecule has 1 unspecified atom stereocenters. The van der Waals surface area contributed by atoms with E-state index in [1.165, 1.54) is 0 Å². The van der Waals surface area contributed by atoms with Gasteiger partial charge in [-0.25, -0.2) is 0 Å². The fraction of sp³-hybridized carbons (Fsp3) is 0.933. The SMILES string of the molecule is CCCC1NC2(CC2)C(=O)N1CCCN1CCOCC1. The smallest absolute Gasteiger partial charge is 0.244 e. The van der Waals surface area contributed by atoms with Gasteiger partial charge in [0, 0.05) is 26.2 Å². The van der Waals surface area contributed by atoms with E-state index in [2.05, 4.69) is 22.0 Å². The second kappa shape index (κ2) is 6.00. The van der Waals surface area contributed by atoms with Crippen LogP contribution in [0.2, 0.25) is 0 Å². The first-order valence-electron chi connectivity index (χ1n) is 8.14. The molecule has 0 aromatic heterocycles. The van der Waals surface area contributed by atoms with Crippen LogP contribution < -0.4 is 5.32 Å². The van der Waals surface area contributed by atoms with Gasteiger partial charge in [0.1, 0.15) is 0 Å². The number of nitrogens with one attached hydrogen (secondary N) is 1. The summed E-state index contributed by atoms with van der Waals surface area (Å²) in [6.45, 7) is 7.95. The fourth-order valence-electron chi connectivity index (χ4n) is 3.41. The van der Waals surface area contributed by atoms with Crippen LogP contribution in [0.25, 0.3) is 0 Å². The number of nitrogens with zero attached hydrogens (tertiary/aromatic N) is 2. The molecule has 114 valence electrons. The highest BCUT2D eigenvalue weighted by molar-refractivity contribution is 5.91. The highest BCUT2D eigenvalue weighted by atomic mass is 16.5. The lowest BCUT2D eigenvalue weighted by atomic mass is 10.2. The fourth-order valence-corrected chi connectivity index (χ4v) is 3.41. The molecule has 0 radical (unpaired) electrons. The number of hydrogen-bond donors (Lipinski definition) is 1. The van der Waals surface area contributed by atoms with Gasteiger partial charge in [0.15, 0.2) is 0 Å². The summed E-state index contributed by atoms with van der Waals surface area (Å²) in [6.07, 6.45) is 5.62. The van der Waals surface area contributed by atoms with Crippen LogP contribution in [0.4, 0.5) is 0 Å². The number of amides is 1. The zero-order valence-electron chi connectivity index (χ0n) is 12.6. The van der Waals surface area contributed by atoms with Crippen molar-refractivity contribution in [3.8, 4) is 0 Å². The Morgan fingerprint density at radius 3 is 2.70 bits per heavy atom. The summed E-state index contributed by atoms with van der Waals surface area (Å²) in [5, 5.41) is 3.57. The van der Waals surface area contributed by atoms with Crippen molar-refractivity contribution in [1.29, 1.82) is 0 Å². The number of ether oxygens (including phenoxy) is 1. The first kappa shape index (κ1) is 14.3. The summed E-state index contributed by atoms with van der Waals surface area (Å²) in [4.78, 5) is 17.0. The maximum absolute atomic E-state index is 12.5. The maximum atomic E-state index is 12.5. The molecular formula is C15H27N3O2. The van der Waals surface area contributed by atoms with Gasteiger partial charge in [-0.2, -0.15) is 0 Å². The van der Waals surface area contributed by atoms with E-state index in [9.17, 15) is 4.79 Å². The van der Waals surface area contributed by atoms with Crippen LogP contribution in [0.3, 0.4) is 0 Å². The third kappa shape index (κ3) is 2.85. The second-order valence-corrected chi connectivity index (χ2v) is 6.34. The molecule has 3 aliphatic rings. The van der Waals surface area contributed by atoms with Crippen LogP contribution in [0, 0.1) is 0 Å². The number of hydrogen-bond acceptors (Lipinski definition) is 4. The van der Waals surface area contributed by atoms with Crippen LogP contribution in [0.5, 0.6) is 0 Å². The van der Waals surface area contributed by atoms with E-state index >= 15 is 0 Å². The van der Waals surface area contributed by atoms with Crippen molar-refractivity contribution in [3.63, 3.8) is 0 Å². The van der Waals surface area contributed by atoms with Crippen molar-refractivity contribution in [2.24, 2.45) is 0 Å². The topological polar surface area (TPSA) is 44.8 Å². The third-order valence-electron chi connectivity index (χ3n) is 4.78. The van der Waals surface area contributed by atoms with Gasteiger partial charge in [-0.15, -0.1) is 0 Å². The van der Waals surface area contributed by atoms with E-state index in [1.807, 2.05) is 0 Å². The molecular weight excluding hydrogens is 254 g/mol. The van der Waals surface area contributed by atoms with E-state index in [1.54, 1.807) is 0 Å². The lowest BCUT2D eigenvalue weighted by Crippen LogP contribution is -2.41. The minimum absolute atomic E-state index is 0.154. The summed E-state index contributed by atoms with van der Waals surface area (Å²) < 4.78 is 5.36. The Hall–Kier alpha value is -0.650. The molecule has 5 nitrogen and oxygen atoms in total. The average Bonchev–Trinajstić information content (AvgIpc) is 3.20. The molecule has 3 fully saturated rings. The lowest BCUT2D eigenvalue weighted by molar-refractivity contribution is -0.131. The van der Waals surface area contributed by atoms with Gasteiger partial charge >= 0.3 is 0 Å². The molecule has 3 rings (SSSR count). The van der Waals surface area contributed by atoms with Gasteiger partial charge < -0.3 is 9.64 Å². The predicted molar refractivity (Wildman–Crippen MR) is 77.4 cm³/mol. The predicted octanol–water partition coefficient (Wildman–Crippen LogP) is 0.799. The van der Waals surface area contributed by atoms with E-state index in [0.717, 1.165) is 71.5 Å². The number of carbonyl (C=O) groups excluding carboxylic acids is 1. The molecule has 0 aromatic carbocycles. The normalized spacial score (nSPS) is 29.4. The highest BCUT2D eigenvalue weighted by Gasteiger charge is 2.58. The van der Waals surface area contributed by atoms with Crippen molar-refractivity contribution < 1.29 is 9.53 Å². The Morgan fingerprint density at radius 1 is 1.30 bits per heavy atom. The van der Waals surface area contributed by atoms with Crippen molar-refractivity contribution in [2.45, 2.75) is 50.7 Å². The minimum atomic E-state index is -0.154. The van der Waals surface area contributed by atoms with Gasteiger partial charge in [-0.3, -0.25) is 15.0 Å². The molecule has 1 spiro atoms. The van der Waals surface area contributed by atoms with Gasteiger partial charge in [-0.05, 0) is 25.7 Å². The summed E-state index contributed by atoms with van der Waals surface area (Å²) in [5.74, 6) is 0.359. The number of rotatable bonds is 6. The van der Waals surface area contributed by atoms with Crippen LogP contribution in [-0.2, 0) is 9.53 Å². The molecule has 1 atom stereocenters. The molecule has 1 aliphatic carbocycles. The Labute approximate surface area is 121 Å². The van der Waals surface area contributed by atoms with Crippen molar-refractivity contribution >= 4 is 5.91 Å². The van der Waals surface area contributed by atoms with Crippen LogP contribution in [0.1, 0.15) is 39.0 Å². The van der Waals surface area contributed by atoms with E-state index in [0.29, 0.717) is 5.91 Å². The summed E-state index contributed by atoms with van der Waals surface area (Å²) in [6, 6.07) is 0.